The third kappa shape index (κ3) is 5.64. The van der Waals surface area contributed by atoms with Gasteiger partial charge in [0.25, 0.3) is 0 Å². The summed E-state index contributed by atoms with van der Waals surface area (Å²) in [5.41, 5.74) is 18.4. The predicted molar refractivity (Wildman–Crippen MR) is 145 cm³/mol. The Hall–Kier alpha value is -2.78. The van der Waals surface area contributed by atoms with E-state index >= 15 is 0 Å². The van der Waals surface area contributed by atoms with Crippen molar-refractivity contribution in [3.05, 3.63) is 81.1 Å². The third-order valence-corrected chi connectivity index (χ3v) is 6.44. The van der Waals surface area contributed by atoms with Crippen LogP contribution in [0, 0.1) is 0 Å². The summed E-state index contributed by atoms with van der Waals surface area (Å²) >= 11 is 4.67. The smallest absolute Gasteiger partial charge is 0.0612 e. The molecule has 0 aromatic carbocycles. The molecule has 1 aromatic rings. The molecule has 3 heterocycles. The van der Waals surface area contributed by atoms with Crippen molar-refractivity contribution in [2.75, 3.05) is 0 Å². The number of hydrogen-bond acceptors (Lipinski definition) is 3. The first-order chi connectivity index (χ1) is 16.5. The molecule has 0 aliphatic carbocycles. The van der Waals surface area contributed by atoms with Gasteiger partial charge >= 0.3 is 123 Å². The zero-order chi connectivity index (χ0) is 24.7. The molecule has 4 nitrogen and oxygen atoms in total. The Morgan fingerprint density at radius 1 is 0.941 bits per heavy atom. The quantitative estimate of drug-likeness (QED) is 0.264. The van der Waals surface area contributed by atoms with Crippen LogP contribution < -0.4 is 5.73 Å². The van der Waals surface area contributed by atoms with Gasteiger partial charge in [-0.1, -0.05) is 40.7 Å². The number of nitrogens with one attached hydrogen (secondary N) is 1. The Morgan fingerprint density at radius 2 is 1.65 bits per heavy atom. The predicted octanol–water partition coefficient (Wildman–Crippen LogP) is 7.00. The van der Waals surface area contributed by atoms with Crippen LogP contribution in [0.1, 0.15) is 78.1 Å². The average Bonchev–Trinajstić information content (AvgIpc) is 3.57. The molecule has 0 unspecified atom stereocenters. The van der Waals surface area contributed by atoms with E-state index in [0.29, 0.717) is 0 Å². The van der Waals surface area contributed by atoms with Crippen LogP contribution in [0.15, 0.2) is 79.7 Å². The van der Waals surface area contributed by atoms with Gasteiger partial charge in [-0.25, -0.2) is 0 Å². The second-order valence-electron chi connectivity index (χ2n) is 8.29. The maximum atomic E-state index is 6.70. The van der Waals surface area contributed by atoms with Crippen molar-refractivity contribution in [2.45, 2.75) is 66.7 Å². The fourth-order valence-electron chi connectivity index (χ4n) is 4.50. The Bertz CT molecular complexity index is 1190. The van der Waals surface area contributed by atoms with E-state index in [9.17, 15) is 0 Å². The minimum atomic E-state index is 0.830. The summed E-state index contributed by atoms with van der Waals surface area (Å²) in [4.78, 5) is 14.7. The number of hydrogen-bond donors (Lipinski definition) is 2. The second kappa shape index (κ2) is 12.1. The normalized spacial score (nSPS) is 19.3. The molecule has 0 fully saturated rings. The molecule has 0 saturated heterocycles. The van der Waals surface area contributed by atoms with Crippen LogP contribution in [-0.4, -0.2) is 21.4 Å². The molecule has 34 heavy (non-hydrogen) atoms. The molecular weight excluding hydrogens is 463 g/mol. The number of aromatic amines is 1. The van der Waals surface area contributed by atoms with Crippen LogP contribution in [0.3, 0.4) is 0 Å². The number of aromatic nitrogens is 1. The van der Waals surface area contributed by atoms with Gasteiger partial charge in [0.15, 0.2) is 0 Å². The van der Waals surface area contributed by atoms with Gasteiger partial charge in [-0.05, 0) is 31.3 Å². The summed E-state index contributed by atoms with van der Waals surface area (Å²) < 4.78 is 0. The zero-order valence-corrected chi connectivity index (χ0v) is 21.9. The van der Waals surface area contributed by atoms with Crippen molar-refractivity contribution in [3.63, 3.8) is 0 Å². The molecular formula is C29H36N4Ni. The van der Waals surface area contributed by atoms with E-state index in [2.05, 4.69) is 83.9 Å². The summed E-state index contributed by atoms with van der Waals surface area (Å²) in [5.74, 6) is 0. The Balaban J connectivity index is 2.02. The number of nitrogens with zero attached hydrogens (tertiary/aromatic N) is 2. The van der Waals surface area contributed by atoms with Crippen molar-refractivity contribution in [3.8, 4) is 0 Å². The van der Waals surface area contributed by atoms with Crippen LogP contribution in [0.2, 0.25) is 0 Å². The third-order valence-electron chi connectivity index (χ3n) is 6.14. The SMILES string of the molecule is CCC=C(CC)/C(N)=C(\CC)C1=NC(=Cc2ccc(C=C3C=CC([CH]=[Ni])=N3)[nH]2)C(CC)=C1CC. The van der Waals surface area contributed by atoms with Crippen LogP contribution in [-0.2, 0) is 15.0 Å². The van der Waals surface area contributed by atoms with E-state index in [-0.39, 0.29) is 0 Å². The van der Waals surface area contributed by atoms with Crippen molar-refractivity contribution < 1.29 is 15.0 Å². The Morgan fingerprint density at radius 3 is 2.21 bits per heavy atom. The molecule has 0 bridgehead atoms. The van der Waals surface area contributed by atoms with Crippen molar-refractivity contribution in [2.24, 2.45) is 15.7 Å². The van der Waals surface area contributed by atoms with Gasteiger partial charge in [-0.2, -0.15) is 0 Å². The summed E-state index contributed by atoms with van der Waals surface area (Å²) in [7, 11) is 0. The van der Waals surface area contributed by atoms with Gasteiger partial charge in [-0.15, -0.1) is 0 Å². The van der Waals surface area contributed by atoms with Crippen molar-refractivity contribution in [1.29, 1.82) is 0 Å². The summed E-state index contributed by atoms with van der Waals surface area (Å²) in [6.45, 7) is 10.9. The molecule has 3 N–H and O–H groups in total. The van der Waals surface area contributed by atoms with E-state index < -0.39 is 0 Å². The summed E-state index contributed by atoms with van der Waals surface area (Å²) in [5, 5.41) is 0. The van der Waals surface area contributed by atoms with E-state index in [1.165, 1.54) is 16.7 Å². The molecule has 5 heteroatoms. The van der Waals surface area contributed by atoms with Gasteiger partial charge in [0.05, 0.1) is 0 Å². The van der Waals surface area contributed by atoms with E-state index in [1.54, 1.807) is 4.99 Å². The molecule has 0 amide bonds. The molecule has 3 rings (SSSR count). The van der Waals surface area contributed by atoms with Gasteiger partial charge in [-0.3, -0.25) is 0 Å². The van der Waals surface area contributed by atoms with E-state index in [4.69, 9.17) is 10.7 Å². The average molecular weight is 499 g/mol. The fourth-order valence-corrected chi connectivity index (χ4v) is 4.66. The number of H-pyrrole nitrogens is 1. The zero-order valence-electron chi connectivity index (χ0n) is 20.9. The van der Waals surface area contributed by atoms with Crippen molar-refractivity contribution >= 4 is 28.6 Å². The molecule has 0 atom stereocenters. The van der Waals surface area contributed by atoms with Crippen LogP contribution in [0.5, 0.6) is 0 Å². The summed E-state index contributed by atoms with van der Waals surface area (Å²) in [6.07, 6.45) is 15.0. The molecule has 2 aliphatic heterocycles. The van der Waals surface area contributed by atoms with Gasteiger partial charge in [0, 0.05) is 11.3 Å². The fraction of sp³-hybridized carbons (Fsp3) is 0.345. The minimum Gasteiger partial charge on any atom is -0.0612 e. The van der Waals surface area contributed by atoms with Crippen LogP contribution >= 0.6 is 0 Å². The van der Waals surface area contributed by atoms with Crippen molar-refractivity contribution in [1.82, 2.24) is 4.98 Å². The molecule has 182 valence electrons. The molecule has 0 spiro atoms. The number of aliphatic imine (C=N–C) groups is 2. The monoisotopic (exact) mass is 498 g/mol. The Labute approximate surface area is 211 Å². The number of rotatable bonds is 10. The van der Waals surface area contributed by atoms with Gasteiger partial charge in [0.1, 0.15) is 0 Å². The van der Waals surface area contributed by atoms with Crippen LogP contribution in [0.4, 0.5) is 0 Å². The topological polar surface area (TPSA) is 66.5 Å². The van der Waals surface area contributed by atoms with E-state index in [1.807, 2.05) is 18.2 Å². The maximum absolute atomic E-state index is 6.70. The molecule has 2 aliphatic rings. The first-order valence-corrected chi connectivity index (χ1v) is 12.8. The first kappa shape index (κ1) is 25.8. The van der Waals surface area contributed by atoms with Gasteiger partial charge in [0.2, 0.25) is 0 Å². The first-order valence-electron chi connectivity index (χ1n) is 12.3. The molecule has 0 saturated carbocycles. The number of allylic oxidation sites excluding steroid dienone is 7. The second-order valence-corrected chi connectivity index (χ2v) is 8.58. The molecule has 0 radical (unpaired) electrons. The Kier molecular flexibility index (Phi) is 9.18. The van der Waals surface area contributed by atoms with Gasteiger partial charge < -0.3 is 5.73 Å². The van der Waals surface area contributed by atoms with Crippen LogP contribution in [0.25, 0.3) is 12.2 Å². The number of nitrogens with two attached hydrogens (primary N) is 1. The minimum absolute atomic E-state index is 0.830. The summed E-state index contributed by atoms with van der Waals surface area (Å²) in [6, 6.07) is 4.15. The standard InChI is InChI=1S/C29H36N4.Ni/c1-7-12-20(8-2)28(30)26(11-5)29-25(10-4)24(9-3)27(33-29)18-23-16-15-22(32-23)17-21-14-13-19(6)31-21;/h6,12-18,32H,7-11,30H2,1-5H3;/b20-12?,21-17?,27-18?,28-26-;. The van der Waals surface area contributed by atoms with E-state index in [0.717, 1.165) is 77.6 Å². The molecule has 1 aromatic heterocycles.